The van der Waals surface area contributed by atoms with Crippen molar-refractivity contribution in [2.75, 3.05) is 14.2 Å². The van der Waals surface area contributed by atoms with Crippen LogP contribution in [0.4, 0.5) is 0 Å². The summed E-state index contributed by atoms with van der Waals surface area (Å²) in [6.45, 7) is 0.210. The number of likely N-dealkylation sites (N-methyl/N-ethyl adjacent to an activating group) is 1. The van der Waals surface area contributed by atoms with Crippen molar-refractivity contribution in [1.82, 2.24) is 14.5 Å². The van der Waals surface area contributed by atoms with Crippen molar-refractivity contribution in [3.8, 4) is 5.75 Å². The molecule has 2 aromatic carbocycles. The summed E-state index contributed by atoms with van der Waals surface area (Å²) in [4.78, 5) is 31.4. The van der Waals surface area contributed by atoms with Crippen LogP contribution in [0.25, 0.3) is 22.1 Å². The van der Waals surface area contributed by atoms with Gasteiger partial charge in [-0.05, 0) is 30.3 Å². The Bertz CT molecular complexity index is 1280. The largest absolute Gasteiger partial charge is 0.496 e. The average Bonchev–Trinajstić information content (AvgIpc) is 3.10. The van der Waals surface area contributed by atoms with Crippen LogP contribution in [0.3, 0.4) is 0 Å². The Labute approximate surface area is 174 Å². The molecule has 0 radical (unpaired) electrons. The second-order valence-corrected chi connectivity index (χ2v) is 7.58. The standard InChI is InChI=1S/C21H18BrN3O4/c1-24(10-13-9-14(22)7-8-16(13)28-2)18(26)11-25-12-23-19-15-5-3-4-6-17(15)29-20(19)21(25)27/h3-9,12H,10-11H2,1-2H3. The first kappa shape index (κ1) is 19.2. The summed E-state index contributed by atoms with van der Waals surface area (Å²) < 4.78 is 13.2. The normalized spacial score (nSPS) is 11.1. The van der Waals surface area contributed by atoms with E-state index in [2.05, 4.69) is 20.9 Å². The van der Waals surface area contributed by atoms with Crippen LogP contribution in [0.2, 0.25) is 0 Å². The van der Waals surface area contributed by atoms with Gasteiger partial charge in [0.15, 0.2) is 0 Å². The monoisotopic (exact) mass is 455 g/mol. The highest BCUT2D eigenvalue weighted by Crippen LogP contribution is 2.25. The number of benzene rings is 2. The minimum Gasteiger partial charge on any atom is -0.496 e. The molecule has 0 fully saturated rings. The number of methoxy groups -OCH3 is 1. The fourth-order valence-electron chi connectivity index (χ4n) is 3.21. The smallest absolute Gasteiger partial charge is 0.297 e. The number of hydrogen-bond acceptors (Lipinski definition) is 5. The first-order valence-electron chi connectivity index (χ1n) is 8.91. The molecule has 2 heterocycles. The van der Waals surface area contributed by atoms with Crippen molar-refractivity contribution < 1.29 is 13.9 Å². The molecule has 0 N–H and O–H groups in total. The van der Waals surface area contributed by atoms with E-state index in [4.69, 9.17) is 9.15 Å². The van der Waals surface area contributed by atoms with Crippen molar-refractivity contribution in [3.05, 3.63) is 69.2 Å². The zero-order valence-electron chi connectivity index (χ0n) is 15.9. The number of halogens is 1. The van der Waals surface area contributed by atoms with E-state index < -0.39 is 0 Å². The van der Waals surface area contributed by atoms with E-state index in [1.165, 1.54) is 10.9 Å². The van der Waals surface area contributed by atoms with Gasteiger partial charge in [-0.2, -0.15) is 0 Å². The number of furan rings is 1. The van der Waals surface area contributed by atoms with Crippen LogP contribution in [0.15, 0.2) is 62.5 Å². The molecule has 4 aromatic rings. The molecule has 0 atom stereocenters. The summed E-state index contributed by atoms with van der Waals surface area (Å²) in [6, 6.07) is 12.9. The molecule has 0 bridgehead atoms. The maximum Gasteiger partial charge on any atom is 0.297 e. The Balaban J connectivity index is 1.59. The number of fused-ring (bicyclic) bond motifs is 3. The molecule has 0 saturated heterocycles. The van der Waals surface area contributed by atoms with E-state index in [1.54, 1.807) is 25.1 Å². The number of amides is 1. The number of carbonyl (C=O) groups excluding carboxylic acids is 1. The van der Waals surface area contributed by atoms with Gasteiger partial charge in [-0.1, -0.05) is 28.1 Å². The second-order valence-electron chi connectivity index (χ2n) is 6.66. The van der Waals surface area contributed by atoms with Gasteiger partial charge in [-0.25, -0.2) is 4.98 Å². The minimum atomic E-state index is -0.381. The van der Waals surface area contributed by atoms with Gasteiger partial charge in [-0.15, -0.1) is 0 Å². The van der Waals surface area contributed by atoms with Crippen molar-refractivity contribution in [1.29, 1.82) is 0 Å². The van der Waals surface area contributed by atoms with Crippen LogP contribution >= 0.6 is 15.9 Å². The molecule has 7 nitrogen and oxygen atoms in total. The molecular weight excluding hydrogens is 438 g/mol. The Hall–Kier alpha value is -3.13. The quantitative estimate of drug-likeness (QED) is 0.459. The zero-order chi connectivity index (χ0) is 20.5. The van der Waals surface area contributed by atoms with Crippen LogP contribution in [0.1, 0.15) is 5.56 Å². The lowest BCUT2D eigenvalue weighted by atomic mass is 10.2. The van der Waals surface area contributed by atoms with Crippen molar-refractivity contribution in [2.45, 2.75) is 13.1 Å². The average molecular weight is 456 g/mol. The van der Waals surface area contributed by atoms with Crippen LogP contribution in [-0.2, 0) is 17.9 Å². The number of nitrogens with zero attached hydrogens (tertiary/aromatic N) is 3. The van der Waals surface area contributed by atoms with Crippen LogP contribution in [0, 0.1) is 0 Å². The van der Waals surface area contributed by atoms with Gasteiger partial charge >= 0.3 is 0 Å². The molecular formula is C21H18BrN3O4. The Morgan fingerprint density at radius 2 is 2.07 bits per heavy atom. The number of ether oxygens (including phenoxy) is 1. The summed E-state index contributed by atoms with van der Waals surface area (Å²) in [5.41, 5.74) is 1.72. The van der Waals surface area contributed by atoms with Crippen LogP contribution in [-0.4, -0.2) is 34.5 Å². The molecule has 0 aliphatic heterocycles. The third-order valence-electron chi connectivity index (χ3n) is 4.73. The summed E-state index contributed by atoms with van der Waals surface area (Å²) in [5, 5.41) is 0.775. The number of rotatable bonds is 5. The maximum absolute atomic E-state index is 12.8. The van der Waals surface area contributed by atoms with E-state index >= 15 is 0 Å². The van der Waals surface area contributed by atoms with Crippen molar-refractivity contribution in [3.63, 3.8) is 0 Å². The lowest BCUT2D eigenvalue weighted by molar-refractivity contribution is -0.131. The predicted molar refractivity (Wildman–Crippen MR) is 113 cm³/mol. The minimum absolute atomic E-state index is 0.133. The van der Waals surface area contributed by atoms with Crippen LogP contribution < -0.4 is 10.3 Å². The third-order valence-corrected chi connectivity index (χ3v) is 5.23. The van der Waals surface area contributed by atoms with E-state index in [1.807, 2.05) is 36.4 Å². The van der Waals surface area contributed by atoms with E-state index in [9.17, 15) is 9.59 Å². The van der Waals surface area contributed by atoms with Gasteiger partial charge < -0.3 is 14.1 Å². The highest BCUT2D eigenvalue weighted by atomic mass is 79.9. The molecule has 1 amide bonds. The summed E-state index contributed by atoms with van der Waals surface area (Å²) in [5.74, 6) is 0.460. The summed E-state index contributed by atoms with van der Waals surface area (Å²) in [6.07, 6.45) is 1.39. The number of aromatic nitrogens is 2. The lowest BCUT2D eigenvalue weighted by Crippen LogP contribution is -2.33. The molecule has 0 saturated carbocycles. The predicted octanol–water partition coefficient (Wildman–Crippen LogP) is 3.57. The van der Waals surface area contributed by atoms with Gasteiger partial charge in [0.1, 0.15) is 23.4 Å². The van der Waals surface area contributed by atoms with E-state index in [0.717, 1.165) is 15.4 Å². The molecule has 0 aliphatic carbocycles. The molecule has 29 heavy (non-hydrogen) atoms. The first-order valence-corrected chi connectivity index (χ1v) is 9.70. The Morgan fingerprint density at radius 3 is 2.86 bits per heavy atom. The van der Waals surface area contributed by atoms with Crippen LogP contribution in [0.5, 0.6) is 5.75 Å². The van der Waals surface area contributed by atoms with Gasteiger partial charge in [0.2, 0.25) is 11.5 Å². The Morgan fingerprint density at radius 1 is 1.28 bits per heavy atom. The van der Waals surface area contributed by atoms with Gasteiger partial charge in [0, 0.05) is 29.0 Å². The molecule has 4 rings (SSSR count). The number of hydrogen-bond donors (Lipinski definition) is 0. The molecule has 2 aromatic heterocycles. The van der Waals surface area contributed by atoms with E-state index in [0.29, 0.717) is 23.4 Å². The SMILES string of the molecule is COc1ccc(Br)cc1CN(C)C(=O)Cn1cnc2c(oc3ccccc32)c1=O. The molecule has 0 unspecified atom stereocenters. The Kier molecular flexibility index (Phi) is 5.10. The zero-order valence-corrected chi connectivity index (χ0v) is 17.5. The second kappa shape index (κ2) is 7.71. The first-order chi connectivity index (χ1) is 14.0. The van der Waals surface area contributed by atoms with Gasteiger partial charge in [0.05, 0.1) is 13.4 Å². The lowest BCUT2D eigenvalue weighted by Gasteiger charge is -2.19. The van der Waals surface area contributed by atoms with Crippen molar-refractivity contribution in [2.24, 2.45) is 0 Å². The fraction of sp³-hybridized carbons (Fsp3) is 0.190. The van der Waals surface area contributed by atoms with Gasteiger partial charge in [0.25, 0.3) is 5.56 Å². The third kappa shape index (κ3) is 3.63. The summed E-state index contributed by atoms with van der Waals surface area (Å²) >= 11 is 3.43. The topological polar surface area (TPSA) is 77.6 Å². The molecule has 0 aliphatic rings. The molecule has 148 valence electrons. The highest BCUT2D eigenvalue weighted by molar-refractivity contribution is 9.10. The number of para-hydroxylation sites is 1. The molecule has 0 spiro atoms. The number of carbonyl (C=O) groups is 1. The van der Waals surface area contributed by atoms with E-state index in [-0.39, 0.29) is 23.6 Å². The summed E-state index contributed by atoms with van der Waals surface area (Å²) in [7, 11) is 3.27. The van der Waals surface area contributed by atoms with Crippen molar-refractivity contribution >= 4 is 43.9 Å². The maximum atomic E-state index is 12.8. The van der Waals surface area contributed by atoms with Gasteiger partial charge in [-0.3, -0.25) is 14.2 Å². The molecule has 8 heteroatoms. The fourth-order valence-corrected chi connectivity index (χ4v) is 3.62. The highest BCUT2D eigenvalue weighted by Gasteiger charge is 2.17.